The van der Waals surface area contributed by atoms with Gasteiger partial charge in [-0.3, -0.25) is 10.1 Å². The van der Waals surface area contributed by atoms with Crippen LogP contribution in [-0.4, -0.2) is 36.7 Å². The SMILES string of the molecule is CCCCN(CCCC)S(=O)(=O)c1ccc2nc(NC(=O)c3cccc(Cl)c3)sc2c1. The van der Waals surface area contributed by atoms with Gasteiger partial charge in [0.2, 0.25) is 10.0 Å². The molecular weight excluding hydrogens is 454 g/mol. The molecule has 1 amide bonds. The zero-order chi connectivity index (χ0) is 22.4. The summed E-state index contributed by atoms with van der Waals surface area (Å²) in [4.78, 5) is 17.1. The number of amides is 1. The van der Waals surface area contributed by atoms with Crippen LogP contribution in [0.15, 0.2) is 47.4 Å². The number of hydrogen-bond donors (Lipinski definition) is 1. The molecule has 9 heteroatoms. The summed E-state index contributed by atoms with van der Waals surface area (Å²) in [6.07, 6.45) is 3.51. The molecule has 0 bridgehead atoms. The van der Waals surface area contributed by atoms with Crippen LogP contribution in [0.1, 0.15) is 49.9 Å². The van der Waals surface area contributed by atoms with E-state index in [1.807, 2.05) is 13.8 Å². The number of hydrogen-bond acceptors (Lipinski definition) is 5. The molecule has 0 aliphatic rings. The number of halogens is 1. The molecule has 31 heavy (non-hydrogen) atoms. The van der Waals surface area contributed by atoms with Crippen molar-refractivity contribution < 1.29 is 13.2 Å². The lowest BCUT2D eigenvalue weighted by Crippen LogP contribution is -2.33. The minimum Gasteiger partial charge on any atom is -0.298 e. The molecule has 1 heterocycles. The highest BCUT2D eigenvalue weighted by Crippen LogP contribution is 2.30. The monoisotopic (exact) mass is 479 g/mol. The number of rotatable bonds is 10. The van der Waals surface area contributed by atoms with Crippen molar-refractivity contribution in [2.45, 2.75) is 44.4 Å². The summed E-state index contributed by atoms with van der Waals surface area (Å²) < 4.78 is 28.7. The van der Waals surface area contributed by atoms with E-state index in [2.05, 4.69) is 10.3 Å². The molecule has 0 fully saturated rings. The number of benzene rings is 2. The first kappa shape index (κ1) is 23.7. The summed E-state index contributed by atoms with van der Waals surface area (Å²) in [5.41, 5.74) is 1.07. The third-order valence-electron chi connectivity index (χ3n) is 4.83. The van der Waals surface area contributed by atoms with Crippen LogP contribution in [-0.2, 0) is 10.0 Å². The number of aromatic nitrogens is 1. The van der Waals surface area contributed by atoms with Gasteiger partial charge in [-0.05, 0) is 49.2 Å². The smallest absolute Gasteiger partial charge is 0.257 e. The molecule has 0 unspecified atom stereocenters. The molecule has 0 aliphatic carbocycles. The van der Waals surface area contributed by atoms with Gasteiger partial charge in [-0.15, -0.1) is 0 Å². The second-order valence-corrected chi connectivity index (χ2v) is 10.6. The van der Waals surface area contributed by atoms with E-state index in [-0.39, 0.29) is 10.8 Å². The Labute approximate surface area is 192 Å². The van der Waals surface area contributed by atoms with Gasteiger partial charge in [-0.25, -0.2) is 13.4 Å². The van der Waals surface area contributed by atoms with Gasteiger partial charge in [0.25, 0.3) is 5.91 Å². The molecular formula is C22H26ClN3O3S2. The zero-order valence-corrected chi connectivity index (χ0v) is 20.0. The van der Waals surface area contributed by atoms with Crippen molar-refractivity contribution in [3.05, 3.63) is 53.1 Å². The van der Waals surface area contributed by atoms with Crippen molar-refractivity contribution in [2.24, 2.45) is 0 Å². The molecule has 0 saturated heterocycles. The summed E-state index contributed by atoms with van der Waals surface area (Å²) in [5.74, 6) is -0.320. The highest BCUT2D eigenvalue weighted by Gasteiger charge is 2.24. The van der Waals surface area contributed by atoms with Gasteiger partial charge in [0, 0.05) is 23.7 Å². The van der Waals surface area contributed by atoms with Gasteiger partial charge < -0.3 is 0 Å². The van der Waals surface area contributed by atoms with Gasteiger partial charge >= 0.3 is 0 Å². The number of carbonyl (C=O) groups is 1. The average molecular weight is 480 g/mol. The van der Waals surface area contributed by atoms with Crippen molar-refractivity contribution in [1.29, 1.82) is 0 Å². The van der Waals surface area contributed by atoms with Crippen LogP contribution in [0.4, 0.5) is 5.13 Å². The van der Waals surface area contributed by atoms with E-state index in [1.54, 1.807) is 46.8 Å². The minimum atomic E-state index is -3.59. The highest BCUT2D eigenvalue weighted by atomic mass is 35.5. The number of nitrogens with zero attached hydrogens (tertiary/aromatic N) is 2. The van der Waals surface area contributed by atoms with Crippen LogP contribution < -0.4 is 5.32 Å². The van der Waals surface area contributed by atoms with Gasteiger partial charge in [0.05, 0.1) is 15.1 Å². The van der Waals surface area contributed by atoms with Gasteiger partial charge in [0.1, 0.15) is 0 Å². The Morgan fingerprint density at radius 1 is 1.10 bits per heavy atom. The highest BCUT2D eigenvalue weighted by molar-refractivity contribution is 7.89. The number of nitrogens with one attached hydrogen (secondary N) is 1. The van der Waals surface area contributed by atoms with E-state index < -0.39 is 10.0 Å². The Hall–Kier alpha value is -2.00. The van der Waals surface area contributed by atoms with Gasteiger partial charge in [-0.1, -0.05) is 55.7 Å². The third kappa shape index (κ3) is 5.83. The van der Waals surface area contributed by atoms with E-state index in [0.29, 0.717) is 39.0 Å². The molecule has 3 aromatic rings. The van der Waals surface area contributed by atoms with Crippen LogP contribution >= 0.6 is 22.9 Å². The molecule has 6 nitrogen and oxygen atoms in total. The van der Waals surface area contributed by atoms with E-state index in [4.69, 9.17) is 11.6 Å². The van der Waals surface area contributed by atoms with Crippen molar-refractivity contribution >= 4 is 54.2 Å². The number of carbonyl (C=O) groups excluding carboxylic acids is 1. The maximum atomic E-state index is 13.2. The number of unbranched alkanes of at least 4 members (excludes halogenated alkanes) is 2. The fourth-order valence-corrected chi connectivity index (χ4v) is 5.80. The third-order valence-corrected chi connectivity index (χ3v) is 7.89. The molecule has 0 saturated carbocycles. The van der Waals surface area contributed by atoms with Crippen LogP contribution in [0.2, 0.25) is 5.02 Å². The molecule has 1 aromatic heterocycles. The summed E-state index contributed by atoms with van der Waals surface area (Å²) in [6.45, 7) is 5.13. The number of anilines is 1. The Morgan fingerprint density at radius 2 is 1.81 bits per heavy atom. The Morgan fingerprint density at radius 3 is 2.45 bits per heavy atom. The maximum absolute atomic E-state index is 13.2. The van der Waals surface area contributed by atoms with Crippen molar-refractivity contribution in [2.75, 3.05) is 18.4 Å². The first-order valence-electron chi connectivity index (χ1n) is 10.3. The van der Waals surface area contributed by atoms with Crippen molar-refractivity contribution in [3.63, 3.8) is 0 Å². The predicted molar refractivity (Wildman–Crippen MR) is 128 cm³/mol. The Balaban J connectivity index is 1.84. The summed E-state index contributed by atoms with van der Waals surface area (Å²) >= 11 is 7.19. The largest absolute Gasteiger partial charge is 0.298 e. The fourth-order valence-electron chi connectivity index (χ4n) is 3.09. The van der Waals surface area contributed by atoms with Crippen molar-refractivity contribution in [3.8, 4) is 0 Å². The van der Waals surface area contributed by atoms with E-state index >= 15 is 0 Å². The standard InChI is InChI=1S/C22H26ClN3O3S2/c1-3-5-12-26(13-6-4-2)31(28,29)18-10-11-19-20(15-18)30-22(24-19)25-21(27)16-8-7-9-17(23)14-16/h7-11,14-15H,3-6,12-13H2,1-2H3,(H,24,25,27). The molecule has 0 spiro atoms. The summed E-state index contributed by atoms with van der Waals surface area (Å²) in [5, 5.41) is 3.64. The molecule has 0 atom stereocenters. The lowest BCUT2D eigenvalue weighted by Gasteiger charge is -2.21. The maximum Gasteiger partial charge on any atom is 0.257 e. The minimum absolute atomic E-state index is 0.253. The normalized spacial score (nSPS) is 11.9. The van der Waals surface area contributed by atoms with Gasteiger partial charge in [-0.2, -0.15) is 4.31 Å². The molecule has 0 radical (unpaired) electrons. The predicted octanol–water partition coefficient (Wildman–Crippen LogP) is 5.79. The molecule has 1 N–H and O–H groups in total. The lowest BCUT2D eigenvalue weighted by molar-refractivity contribution is 0.102. The van der Waals surface area contributed by atoms with Crippen LogP contribution in [0.3, 0.4) is 0 Å². The molecule has 3 rings (SSSR count). The van der Waals surface area contributed by atoms with Crippen LogP contribution in [0.5, 0.6) is 0 Å². The molecule has 166 valence electrons. The summed E-state index contributed by atoms with van der Waals surface area (Å²) in [6, 6.07) is 11.6. The fraction of sp³-hybridized carbons (Fsp3) is 0.364. The molecule has 0 aliphatic heterocycles. The Bertz CT molecular complexity index is 1150. The number of thiazole rings is 1. The second kappa shape index (κ2) is 10.5. The van der Waals surface area contributed by atoms with Crippen LogP contribution in [0, 0.1) is 0 Å². The number of fused-ring (bicyclic) bond motifs is 1. The number of sulfonamides is 1. The first-order chi connectivity index (χ1) is 14.8. The lowest BCUT2D eigenvalue weighted by atomic mass is 10.2. The van der Waals surface area contributed by atoms with E-state index in [0.717, 1.165) is 25.7 Å². The molecule has 2 aromatic carbocycles. The topological polar surface area (TPSA) is 79.4 Å². The second-order valence-electron chi connectivity index (χ2n) is 7.22. The summed E-state index contributed by atoms with van der Waals surface area (Å²) in [7, 11) is -3.59. The first-order valence-corrected chi connectivity index (χ1v) is 13.0. The quantitative estimate of drug-likeness (QED) is 0.399. The van der Waals surface area contributed by atoms with E-state index in [9.17, 15) is 13.2 Å². The van der Waals surface area contributed by atoms with Crippen molar-refractivity contribution in [1.82, 2.24) is 9.29 Å². The zero-order valence-electron chi connectivity index (χ0n) is 17.6. The Kier molecular flexibility index (Phi) is 8.05. The van der Waals surface area contributed by atoms with Crippen LogP contribution in [0.25, 0.3) is 10.2 Å². The van der Waals surface area contributed by atoms with E-state index in [1.165, 1.54) is 11.3 Å². The average Bonchev–Trinajstić information content (AvgIpc) is 3.15. The van der Waals surface area contributed by atoms with Gasteiger partial charge in [0.15, 0.2) is 5.13 Å².